The molecule has 0 spiro atoms. The van der Waals surface area contributed by atoms with E-state index in [0.717, 1.165) is 0 Å². The Bertz CT molecular complexity index is 1060. The third-order valence-electron chi connectivity index (χ3n) is 4.90. The molecule has 0 aliphatic carbocycles. The van der Waals surface area contributed by atoms with E-state index in [9.17, 15) is 22.8 Å². The summed E-state index contributed by atoms with van der Waals surface area (Å²) in [4.78, 5) is 24.5. The van der Waals surface area contributed by atoms with Gasteiger partial charge in [0.25, 0.3) is 12.3 Å². The van der Waals surface area contributed by atoms with Gasteiger partial charge in [0, 0.05) is 29.7 Å². The van der Waals surface area contributed by atoms with E-state index in [1.165, 1.54) is 31.4 Å². The number of hydrogen-bond acceptors (Lipinski definition) is 7. The summed E-state index contributed by atoms with van der Waals surface area (Å²) in [5.74, 6) is -1.02. The summed E-state index contributed by atoms with van der Waals surface area (Å²) < 4.78 is 58.9. The van der Waals surface area contributed by atoms with Crippen LogP contribution in [0.2, 0.25) is 5.02 Å². The molecule has 0 saturated carbocycles. The van der Waals surface area contributed by atoms with Crippen LogP contribution in [0.25, 0.3) is 0 Å². The number of carbonyl (C=O) groups is 2. The van der Waals surface area contributed by atoms with Gasteiger partial charge in [-0.2, -0.15) is 4.39 Å². The smallest absolute Gasteiger partial charge is 0.304 e. The molecular weight excluding hydrogens is 481 g/mol. The molecule has 1 amide bonds. The summed E-state index contributed by atoms with van der Waals surface area (Å²) in [7, 11) is 1.39. The number of alkyl halides is 3. The maximum Gasteiger partial charge on any atom is 0.304 e. The standard InChI is InChI=1S/C22H22ClF3N2O6/c1-31-16-6-11-10-33-18(19(29)13(11)8-14(16)22(27)30)9-28-4-5-32-17-7-12(23)2-3-15(17)34-21(26)20(24)25/h2-3,6-8,18,20-21,28H,4-5,9-10H2,1H3,(H2,27,30). The van der Waals surface area contributed by atoms with Crippen LogP contribution in [-0.4, -0.2) is 57.4 Å². The molecule has 1 heterocycles. The lowest BCUT2D eigenvalue weighted by Crippen LogP contribution is -2.40. The summed E-state index contributed by atoms with van der Waals surface area (Å²) in [5, 5.41) is 3.23. The first-order valence-corrected chi connectivity index (χ1v) is 10.5. The number of rotatable bonds is 11. The number of fused-ring (bicyclic) bond motifs is 1. The minimum atomic E-state index is -3.32. The highest BCUT2D eigenvalue weighted by Gasteiger charge is 2.30. The Morgan fingerprint density at radius 3 is 2.68 bits per heavy atom. The zero-order valence-corrected chi connectivity index (χ0v) is 18.7. The molecular formula is C22H22ClF3N2O6. The van der Waals surface area contributed by atoms with Crippen LogP contribution in [0.1, 0.15) is 26.3 Å². The van der Waals surface area contributed by atoms with E-state index in [1.54, 1.807) is 6.07 Å². The third-order valence-corrected chi connectivity index (χ3v) is 5.13. The second kappa shape index (κ2) is 11.4. The van der Waals surface area contributed by atoms with Crippen LogP contribution < -0.4 is 25.3 Å². The Morgan fingerprint density at radius 1 is 1.24 bits per heavy atom. The lowest BCUT2D eigenvalue weighted by molar-refractivity contribution is -0.0679. The second-order valence-corrected chi connectivity index (χ2v) is 7.62. The first-order valence-electron chi connectivity index (χ1n) is 10.1. The number of primary amides is 1. The number of amides is 1. The van der Waals surface area contributed by atoms with Gasteiger partial charge in [-0.05, 0) is 29.8 Å². The number of carbonyl (C=O) groups excluding carboxylic acids is 2. The molecule has 8 nitrogen and oxygen atoms in total. The maximum atomic E-state index is 13.2. The fourth-order valence-corrected chi connectivity index (χ4v) is 3.42. The number of nitrogens with one attached hydrogen (secondary N) is 1. The summed E-state index contributed by atoms with van der Waals surface area (Å²) in [6.45, 7) is 0.533. The van der Waals surface area contributed by atoms with E-state index in [1.807, 2.05) is 0 Å². The number of halogens is 4. The van der Waals surface area contributed by atoms with Gasteiger partial charge >= 0.3 is 6.43 Å². The number of hydrogen-bond donors (Lipinski definition) is 2. The van der Waals surface area contributed by atoms with Crippen molar-refractivity contribution in [1.29, 1.82) is 0 Å². The molecule has 34 heavy (non-hydrogen) atoms. The Hall–Kier alpha value is -3.02. The van der Waals surface area contributed by atoms with Crippen LogP contribution in [0, 0.1) is 0 Å². The molecule has 2 aromatic carbocycles. The maximum absolute atomic E-state index is 13.2. The summed E-state index contributed by atoms with van der Waals surface area (Å²) in [6.07, 6.45) is -6.94. The first kappa shape index (κ1) is 25.6. The molecule has 0 fully saturated rings. The monoisotopic (exact) mass is 502 g/mol. The highest BCUT2D eigenvalue weighted by molar-refractivity contribution is 6.30. The first-order chi connectivity index (χ1) is 16.2. The fraction of sp³-hybridized carbons (Fsp3) is 0.364. The lowest BCUT2D eigenvalue weighted by Gasteiger charge is -2.25. The number of methoxy groups -OCH3 is 1. The number of Topliss-reactive ketones (excluding diaryl/α,β-unsaturated/α-hetero) is 1. The zero-order valence-electron chi connectivity index (χ0n) is 18.0. The molecule has 184 valence electrons. The Balaban J connectivity index is 1.55. The van der Waals surface area contributed by atoms with Crippen molar-refractivity contribution >= 4 is 23.3 Å². The SMILES string of the molecule is COc1cc2c(cc1C(N)=O)C(=O)C(CNCCOc1cc(Cl)ccc1OC(F)C(F)F)OC2. The average Bonchev–Trinajstić information content (AvgIpc) is 2.80. The van der Waals surface area contributed by atoms with E-state index in [2.05, 4.69) is 10.1 Å². The molecule has 2 unspecified atom stereocenters. The van der Waals surface area contributed by atoms with Crippen molar-refractivity contribution < 1.29 is 41.7 Å². The lowest BCUT2D eigenvalue weighted by atomic mass is 9.94. The Morgan fingerprint density at radius 2 is 2.00 bits per heavy atom. The largest absolute Gasteiger partial charge is 0.496 e. The van der Waals surface area contributed by atoms with Crippen molar-refractivity contribution in [2.45, 2.75) is 25.5 Å². The molecule has 3 N–H and O–H groups in total. The predicted octanol–water partition coefficient (Wildman–Crippen LogP) is 3.14. The van der Waals surface area contributed by atoms with E-state index in [0.29, 0.717) is 11.1 Å². The van der Waals surface area contributed by atoms with Crippen molar-refractivity contribution in [3.8, 4) is 17.2 Å². The van der Waals surface area contributed by atoms with Crippen molar-refractivity contribution in [2.24, 2.45) is 5.73 Å². The molecule has 1 aliphatic heterocycles. The number of ether oxygens (including phenoxy) is 4. The van der Waals surface area contributed by atoms with Gasteiger partial charge in [-0.15, -0.1) is 0 Å². The zero-order chi connectivity index (χ0) is 24.8. The molecule has 12 heteroatoms. The molecule has 2 aromatic rings. The van der Waals surface area contributed by atoms with E-state index in [4.69, 9.17) is 31.5 Å². The van der Waals surface area contributed by atoms with E-state index in [-0.39, 0.29) is 59.9 Å². The number of ketones is 1. The number of benzene rings is 2. The van der Waals surface area contributed by atoms with Gasteiger partial charge in [-0.25, -0.2) is 8.78 Å². The average molecular weight is 503 g/mol. The van der Waals surface area contributed by atoms with Crippen molar-refractivity contribution in [1.82, 2.24) is 5.32 Å². The topological polar surface area (TPSA) is 109 Å². The molecule has 2 atom stereocenters. The van der Waals surface area contributed by atoms with Crippen LogP contribution >= 0.6 is 11.6 Å². The molecule has 0 aromatic heterocycles. The Kier molecular flexibility index (Phi) is 8.59. The van der Waals surface area contributed by atoms with E-state index < -0.39 is 24.8 Å². The summed E-state index contributed by atoms with van der Waals surface area (Å²) >= 11 is 5.88. The molecule has 1 aliphatic rings. The minimum Gasteiger partial charge on any atom is -0.496 e. The van der Waals surface area contributed by atoms with E-state index >= 15 is 0 Å². The molecule has 0 bridgehead atoms. The normalized spacial score (nSPS) is 16.2. The van der Waals surface area contributed by atoms with Gasteiger partial charge in [0.15, 0.2) is 17.3 Å². The highest BCUT2D eigenvalue weighted by Crippen LogP contribution is 2.32. The summed E-state index contributed by atoms with van der Waals surface area (Å²) in [5.41, 5.74) is 6.36. The quantitative estimate of drug-likeness (QED) is 0.454. The van der Waals surface area contributed by atoms with Crippen LogP contribution in [0.4, 0.5) is 13.2 Å². The van der Waals surface area contributed by atoms with Gasteiger partial charge in [0.05, 0.1) is 19.3 Å². The van der Waals surface area contributed by atoms with Crippen molar-refractivity contribution in [3.05, 3.63) is 52.0 Å². The van der Waals surface area contributed by atoms with Crippen LogP contribution in [-0.2, 0) is 11.3 Å². The van der Waals surface area contributed by atoms with Gasteiger partial charge in [-0.1, -0.05) is 11.6 Å². The molecule has 3 rings (SSSR count). The van der Waals surface area contributed by atoms with Crippen molar-refractivity contribution in [3.63, 3.8) is 0 Å². The minimum absolute atomic E-state index is 0.00977. The second-order valence-electron chi connectivity index (χ2n) is 7.18. The van der Waals surface area contributed by atoms with Crippen LogP contribution in [0.3, 0.4) is 0 Å². The van der Waals surface area contributed by atoms with Crippen LogP contribution in [0.15, 0.2) is 30.3 Å². The predicted molar refractivity (Wildman–Crippen MR) is 116 cm³/mol. The molecule has 0 radical (unpaired) electrons. The van der Waals surface area contributed by atoms with Gasteiger partial charge in [0.2, 0.25) is 0 Å². The van der Waals surface area contributed by atoms with Crippen LogP contribution in [0.5, 0.6) is 17.2 Å². The fourth-order valence-electron chi connectivity index (χ4n) is 3.25. The van der Waals surface area contributed by atoms with Gasteiger partial charge in [-0.3, -0.25) is 9.59 Å². The Labute approximate surface area is 198 Å². The highest BCUT2D eigenvalue weighted by atomic mass is 35.5. The third kappa shape index (κ3) is 6.10. The molecule has 0 saturated heterocycles. The number of nitrogens with two attached hydrogens (primary N) is 1. The van der Waals surface area contributed by atoms with Crippen molar-refractivity contribution in [2.75, 3.05) is 26.8 Å². The van der Waals surface area contributed by atoms with Gasteiger partial charge < -0.3 is 30.0 Å². The summed E-state index contributed by atoms with van der Waals surface area (Å²) in [6, 6.07) is 6.83. The van der Waals surface area contributed by atoms with Gasteiger partial charge in [0.1, 0.15) is 18.5 Å².